The number of hydrogen-bond acceptors (Lipinski definition) is 8. The Bertz CT molecular complexity index is 1220. The van der Waals surface area contributed by atoms with Gasteiger partial charge < -0.3 is 23.9 Å². The average molecular weight is 496 g/mol. The van der Waals surface area contributed by atoms with E-state index in [4.69, 9.17) is 18.9 Å². The van der Waals surface area contributed by atoms with E-state index in [0.29, 0.717) is 44.4 Å². The van der Waals surface area contributed by atoms with Crippen molar-refractivity contribution in [3.8, 4) is 17.4 Å². The van der Waals surface area contributed by atoms with Crippen LogP contribution in [0.5, 0.6) is 17.4 Å². The maximum atomic E-state index is 11.9. The molecular weight excluding hydrogens is 466 g/mol. The molecule has 0 amide bonds. The van der Waals surface area contributed by atoms with Gasteiger partial charge in [0.05, 0.1) is 44.0 Å². The number of hydrogen-bond donors (Lipinski definition) is 1. The second-order valence-corrected chi connectivity index (χ2v) is 9.96. The van der Waals surface area contributed by atoms with E-state index >= 15 is 0 Å². The summed E-state index contributed by atoms with van der Waals surface area (Å²) in [4.78, 5) is 24.4. The van der Waals surface area contributed by atoms with Gasteiger partial charge in [-0.1, -0.05) is 17.8 Å². The lowest BCUT2D eigenvalue weighted by molar-refractivity contribution is -0.143. The van der Waals surface area contributed by atoms with Crippen LogP contribution < -0.4 is 9.47 Å². The maximum Gasteiger partial charge on any atom is 0.306 e. The van der Waals surface area contributed by atoms with Crippen molar-refractivity contribution in [3.05, 3.63) is 47.8 Å². The van der Waals surface area contributed by atoms with Crippen molar-refractivity contribution >= 4 is 33.7 Å². The first-order chi connectivity index (χ1) is 17.1. The summed E-state index contributed by atoms with van der Waals surface area (Å²) in [5.41, 5.74) is 2.87. The van der Waals surface area contributed by atoms with Gasteiger partial charge in [-0.25, -0.2) is 4.98 Å². The van der Waals surface area contributed by atoms with Crippen molar-refractivity contribution in [1.82, 2.24) is 9.97 Å². The highest BCUT2D eigenvalue weighted by Crippen LogP contribution is 2.37. The van der Waals surface area contributed by atoms with Crippen LogP contribution in [0.4, 0.5) is 0 Å². The number of ether oxygens (including phenoxy) is 4. The van der Waals surface area contributed by atoms with Gasteiger partial charge in [0.25, 0.3) is 0 Å². The van der Waals surface area contributed by atoms with Crippen LogP contribution in [0.3, 0.4) is 0 Å². The SMILES string of the molecule is CCOC(=O)CC1CN=C(c2cc3cc(Oc4ccc(C)cn4)cc(OC4CCOCC4)c3[nH]2)S1. The summed E-state index contributed by atoms with van der Waals surface area (Å²) in [5.74, 6) is 1.73. The Morgan fingerprint density at radius 2 is 2.09 bits per heavy atom. The lowest BCUT2D eigenvalue weighted by atomic mass is 10.1. The number of aromatic amines is 1. The van der Waals surface area contributed by atoms with Gasteiger partial charge >= 0.3 is 5.97 Å². The number of nitrogens with one attached hydrogen (secondary N) is 1. The number of H-pyrrole nitrogens is 1. The fourth-order valence-corrected chi connectivity index (χ4v) is 5.21. The lowest BCUT2D eigenvalue weighted by Gasteiger charge is -2.23. The molecule has 4 heterocycles. The van der Waals surface area contributed by atoms with E-state index in [0.717, 1.165) is 45.8 Å². The molecule has 0 aliphatic carbocycles. The van der Waals surface area contributed by atoms with E-state index in [1.165, 1.54) is 0 Å². The van der Waals surface area contributed by atoms with E-state index < -0.39 is 0 Å². The highest BCUT2D eigenvalue weighted by molar-refractivity contribution is 8.15. The molecule has 1 unspecified atom stereocenters. The van der Waals surface area contributed by atoms with Crippen LogP contribution in [0, 0.1) is 6.92 Å². The highest BCUT2D eigenvalue weighted by atomic mass is 32.2. The van der Waals surface area contributed by atoms with Gasteiger partial charge in [-0.05, 0) is 31.5 Å². The number of thioether (sulfide) groups is 1. The molecule has 9 heteroatoms. The fourth-order valence-electron chi connectivity index (χ4n) is 4.14. The molecule has 0 saturated carbocycles. The molecule has 1 N–H and O–H groups in total. The summed E-state index contributed by atoms with van der Waals surface area (Å²) < 4.78 is 23.1. The Labute approximate surface area is 208 Å². The minimum atomic E-state index is -0.184. The first-order valence-electron chi connectivity index (χ1n) is 12.0. The molecule has 1 aromatic carbocycles. The number of aromatic nitrogens is 2. The highest BCUT2D eigenvalue weighted by Gasteiger charge is 2.26. The van der Waals surface area contributed by atoms with E-state index in [-0.39, 0.29) is 17.3 Å². The molecule has 184 valence electrons. The predicted octanol–water partition coefficient (Wildman–Crippen LogP) is 5.04. The number of esters is 1. The van der Waals surface area contributed by atoms with Crippen LogP contribution in [-0.4, -0.2) is 58.7 Å². The van der Waals surface area contributed by atoms with Crippen molar-refractivity contribution in [2.75, 3.05) is 26.4 Å². The zero-order valence-electron chi connectivity index (χ0n) is 19.9. The van der Waals surface area contributed by atoms with Crippen LogP contribution in [0.25, 0.3) is 10.9 Å². The molecule has 2 aliphatic heterocycles. The summed E-state index contributed by atoms with van der Waals surface area (Å²) >= 11 is 1.60. The maximum absolute atomic E-state index is 11.9. The molecular formula is C26H29N3O5S. The lowest BCUT2D eigenvalue weighted by Crippen LogP contribution is -2.25. The number of rotatable bonds is 8. The van der Waals surface area contributed by atoms with Crippen molar-refractivity contribution < 1.29 is 23.7 Å². The molecule has 1 atom stereocenters. The Morgan fingerprint density at radius 1 is 1.23 bits per heavy atom. The third-order valence-electron chi connectivity index (χ3n) is 5.88. The molecule has 35 heavy (non-hydrogen) atoms. The van der Waals surface area contributed by atoms with Crippen molar-refractivity contribution in [2.24, 2.45) is 4.99 Å². The monoisotopic (exact) mass is 495 g/mol. The summed E-state index contributed by atoms with van der Waals surface area (Å²) in [6, 6.07) is 9.77. The topological polar surface area (TPSA) is 95.0 Å². The number of pyridine rings is 1. The first-order valence-corrected chi connectivity index (χ1v) is 12.8. The van der Waals surface area contributed by atoms with Crippen molar-refractivity contribution in [1.29, 1.82) is 0 Å². The fraction of sp³-hybridized carbons (Fsp3) is 0.423. The van der Waals surface area contributed by atoms with Crippen molar-refractivity contribution in [3.63, 3.8) is 0 Å². The molecule has 2 aromatic heterocycles. The summed E-state index contributed by atoms with van der Waals surface area (Å²) in [6.07, 6.45) is 3.91. The standard InChI is InChI=1S/C26H29N3O5S/c1-3-32-24(30)13-20-15-28-26(35-20)21-11-17-10-19(34-23-5-4-16(2)14-27-23)12-22(25(17)29-21)33-18-6-8-31-9-7-18/h4-5,10-12,14,18,20,29H,3,6-9,13,15H2,1-2H3. The molecule has 8 nitrogen and oxygen atoms in total. The van der Waals surface area contributed by atoms with E-state index in [1.807, 2.05) is 38.1 Å². The second-order valence-electron chi connectivity index (χ2n) is 8.67. The molecule has 0 spiro atoms. The van der Waals surface area contributed by atoms with E-state index in [2.05, 4.69) is 21.0 Å². The van der Waals surface area contributed by atoms with E-state index in [1.54, 1.807) is 18.0 Å². The molecule has 1 saturated heterocycles. The Hall–Kier alpha value is -3.04. The van der Waals surface area contributed by atoms with Crippen molar-refractivity contribution in [2.45, 2.75) is 44.5 Å². The van der Waals surface area contributed by atoms with Gasteiger partial charge in [0.2, 0.25) is 5.88 Å². The molecule has 3 aromatic rings. The van der Waals surface area contributed by atoms with Crippen LogP contribution in [0.2, 0.25) is 0 Å². The van der Waals surface area contributed by atoms with Crippen LogP contribution in [-0.2, 0) is 14.3 Å². The van der Waals surface area contributed by atoms with Crippen LogP contribution in [0.1, 0.15) is 37.4 Å². The Morgan fingerprint density at radius 3 is 2.86 bits per heavy atom. The quantitative estimate of drug-likeness (QED) is 0.438. The largest absolute Gasteiger partial charge is 0.488 e. The molecule has 5 rings (SSSR count). The number of aliphatic imine (C=N–C) groups is 1. The number of carbonyl (C=O) groups is 1. The third kappa shape index (κ3) is 5.79. The van der Waals surface area contributed by atoms with Gasteiger partial charge in [-0.2, -0.15) is 0 Å². The van der Waals surface area contributed by atoms with Crippen LogP contribution in [0.15, 0.2) is 41.5 Å². The van der Waals surface area contributed by atoms with Gasteiger partial charge in [0.1, 0.15) is 22.6 Å². The third-order valence-corrected chi connectivity index (χ3v) is 7.10. The Balaban J connectivity index is 1.41. The number of carbonyl (C=O) groups excluding carboxylic acids is 1. The first kappa shape index (κ1) is 23.7. The number of fused-ring (bicyclic) bond motifs is 1. The summed E-state index contributed by atoms with van der Waals surface area (Å²) in [6.45, 7) is 6.19. The zero-order chi connectivity index (χ0) is 24.2. The Kier molecular flexibility index (Phi) is 7.24. The summed E-state index contributed by atoms with van der Waals surface area (Å²) in [7, 11) is 0. The molecule has 1 fully saturated rings. The smallest absolute Gasteiger partial charge is 0.306 e. The second kappa shape index (κ2) is 10.7. The van der Waals surface area contributed by atoms with Gasteiger partial charge in [0.15, 0.2) is 0 Å². The van der Waals surface area contributed by atoms with E-state index in [9.17, 15) is 4.79 Å². The zero-order valence-corrected chi connectivity index (χ0v) is 20.7. The number of nitrogens with zero attached hydrogens (tertiary/aromatic N) is 2. The molecule has 2 aliphatic rings. The minimum Gasteiger partial charge on any atom is -0.488 e. The van der Waals surface area contributed by atoms with Gasteiger partial charge in [-0.3, -0.25) is 9.79 Å². The number of benzene rings is 1. The minimum absolute atomic E-state index is 0.0820. The molecule has 0 bridgehead atoms. The van der Waals surface area contributed by atoms with Gasteiger partial charge in [-0.15, -0.1) is 0 Å². The number of aryl methyl sites for hydroxylation is 1. The van der Waals surface area contributed by atoms with Crippen LogP contribution >= 0.6 is 11.8 Å². The predicted molar refractivity (Wildman–Crippen MR) is 136 cm³/mol. The van der Waals surface area contributed by atoms with Gasteiger partial charge in [0, 0.05) is 41.8 Å². The normalized spacial score (nSPS) is 18.5. The average Bonchev–Trinajstić information content (AvgIpc) is 3.49. The summed E-state index contributed by atoms with van der Waals surface area (Å²) in [5, 5.41) is 1.93. The molecule has 0 radical (unpaired) electrons.